The highest BCUT2D eigenvalue weighted by Gasteiger charge is 2.18. The molecule has 8 nitrogen and oxygen atoms in total. The molecule has 0 amide bonds. The normalized spacial score (nSPS) is 12.0. The number of esters is 3. The van der Waals surface area contributed by atoms with E-state index in [1.165, 1.54) is 0 Å². The van der Waals surface area contributed by atoms with Crippen LogP contribution in [0.5, 0.6) is 11.5 Å². The predicted molar refractivity (Wildman–Crippen MR) is 174 cm³/mol. The quantitative estimate of drug-likeness (QED) is 0.0488. The number of rotatable bonds is 20. The first-order valence-corrected chi connectivity index (χ1v) is 15.6. The summed E-state index contributed by atoms with van der Waals surface area (Å²) < 4.78 is 22.2. The third kappa shape index (κ3) is 12.7. The molecule has 0 aliphatic carbocycles. The summed E-state index contributed by atoms with van der Waals surface area (Å²) in [5, 5.41) is 0. The molecule has 0 saturated carbocycles. The second-order valence-electron chi connectivity index (χ2n) is 11.4. The minimum absolute atomic E-state index is 0.132. The van der Waals surface area contributed by atoms with Gasteiger partial charge in [-0.15, -0.1) is 0 Å². The summed E-state index contributed by atoms with van der Waals surface area (Å²) in [5.41, 5.74) is 4.83. The van der Waals surface area contributed by atoms with Crippen LogP contribution in [0.4, 0.5) is 0 Å². The van der Waals surface area contributed by atoms with Crippen LogP contribution in [0.15, 0.2) is 60.7 Å². The van der Waals surface area contributed by atoms with E-state index in [9.17, 15) is 19.2 Å². The van der Waals surface area contributed by atoms with Crippen molar-refractivity contribution >= 4 is 24.2 Å². The van der Waals surface area contributed by atoms with Gasteiger partial charge in [-0.1, -0.05) is 44.3 Å². The van der Waals surface area contributed by atoms with Crippen molar-refractivity contribution in [2.45, 2.75) is 98.0 Å². The molecular weight excluding hydrogens is 572 g/mol. The second kappa shape index (κ2) is 19.2. The van der Waals surface area contributed by atoms with E-state index >= 15 is 0 Å². The van der Waals surface area contributed by atoms with Crippen molar-refractivity contribution in [1.82, 2.24) is 0 Å². The molecule has 0 radical (unpaired) electrons. The first kappa shape index (κ1) is 37.0. The van der Waals surface area contributed by atoms with Crippen LogP contribution >= 0.6 is 0 Å². The summed E-state index contributed by atoms with van der Waals surface area (Å²) in [7, 11) is 0. The first-order chi connectivity index (χ1) is 21.5. The Balaban J connectivity index is 1.99. The summed E-state index contributed by atoms with van der Waals surface area (Å²) in [5.74, 6) is 0.277. The topological polar surface area (TPSA) is 105 Å². The number of unbranched alkanes of at least 4 members (excludes halogenated alkanes) is 2. The molecule has 0 aromatic heterocycles. The van der Waals surface area contributed by atoms with Crippen LogP contribution in [-0.4, -0.2) is 43.5 Å². The minimum atomic E-state index is -0.441. The van der Waals surface area contributed by atoms with E-state index in [-0.39, 0.29) is 31.0 Å². The number of benzene rings is 2. The lowest BCUT2D eigenvalue weighted by atomic mass is 9.87. The molecule has 0 spiro atoms. The predicted octanol–water partition coefficient (Wildman–Crippen LogP) is 7.67. The number of aryl methyl sites for hydroxylation is 2. The third-order valence-electron chi connectivity index (χ3n) is 7.36. The summed E-state index contributed by atoms with van der Waals surface area (Å²) in [6.07, 6.45) is 5.18. The molecular formula is C37H48O8. The Kier molecular flexibility index (Phi) is 15.8. The Hall–Kier alpha value is -4.20. The van der Waals surface area contributed by atoms with Crippen LogP contribution in [0.1, 0.15) is 100 Å². The molecule has 8 heteroatoms. The summed E-state index contributed by atoms with van der Waals surface area (Å²) in [6.45, 7) is 16.9. The highest BCUT2D eigenvalue weighted by molar-refractivity contribution is 5.87. The van der Waals surface area contributed by atoms with E-state index in [0.29, 0.717) is 55.6 Å². The summed E-state index contributed by atoms with van der Waals surface area (Å²) in [4.78, 5) is 46.6. The van der Waals surface area contributed by atoms with Crippen molar-refractivity contribution in [3.05, 3.63) is 83.0 Å². The highest BCUT2D eigenvalue weighted by atomic mass is 16.5. The number of aldehydes is 1. The maximum atomic E-state index is 12.4. The van der Waals surface area contributed by atoms with Gasteiger partial charge in [-0.2, -0.15) is 0 Å². The van der Waals surface area contributed by atoms with E-state index in [4.69, 9.17) is 18.9 Å². The van der Waals surface area contributed by atoms with Crippen molar-refractivity contribution in [2.24, 2.45) is 0 Å². The molecule has 45 heavy (non-hydrogen) atoms. The van der Waals surface area contributed by atoms with Gasteiger partial charge in [0.05, 0.1) is 13.2 Å². The maximum Gasteiger partial charge on any atom is 0.333 e. The number of carbonyl (C=O) groups excluding carboxylic acids is 4. The maximum absolute atomic E-state index is 12.4. The third-order valence-corrected chi connectivity index (χ3v) is 7.36. The molecule has 2 unspecified atom stereocenters. The number of carbonyl (C=O) groups is 4. The first-order valence-electron chi connectivity index (χ1n) is 15.6. The van der Waals surface area contributed by atoms with Gasteiger partial charge < -0.3 is 23.7 Å². The van der Waals surface area contributed by atoms with E-state index < -0.39 is 11.9 Å². The fourth-order valence-electron chi connectivity index (χ4n) is 4.80. The molecule has 0 bridgehead atoms. The van der Waals surface area contributed by atoms with Gasteiger partial charge >= 0.3 is 17.9 Å². The van der Waals surface area contributed by atoms with Crippen molar-refractivity contribution in [3.63, 3.8) is 0 Å². The van der Waals surface area contributed by atoms with Crippen LogP contribution in [0.2, 0.25) is 0 Å². The molecule has 0 N–H and O–H groups in total. The second-order valence-corrected chi connectivity index (χ2v) is 11.4. The summed E-state index contributed by atoms with van der Waals surface area (Å²) in [6, 6.07) is 12.0. The SMILES string of the molecule is C=C(C)C(=O)OCCCCCC(=O)Oc1ccc(C(CC)c2ccc(OC(CCC=O)CCOC(=O)C(=C)C)c(C)c2)cc1C. The average molecular weight is 621 g/mol. The van der Waals surface area contributed by atoms with Gasteiger partial charge in [0.1, 0.15) is 23.9 Å². The van der Waals surface area contributed by atoms with Crippen molar-refractivity contribution in [2.75, 3.05) is 13.2 Å². The minimum Gasteiger partial charge on any atom is -0.490 e. The monoisotopic (exact) mass is 620 g/mol. The van der Waals surface area contributed by atoms with Crippen LogP contribution in [0, 0.1) is 13.8 Å². The van der Waals surface area contributed by atoms with Crippen LogP contribution < -0.4 is 9.47 Å². The molecule has 2 atom stereocenters. The Morgan fingerprint density at radius 3 is 1.91 bits per heavy atom. The lowest BCUT2D eigenvalue weighted by Crippen LogP contribution is -2.21. The molecule has 2 aromatic carbocycles. The van der Waals surface area contributed by atoms with Crippen molar-refractivity contribution in [3.8, 4) is 11.5 Å². The van der Waals surface area contributed by atoms with E-state index in [1.54, 1.807) is 13.8 Å². The Bertz CT molecular complexity index is 1340. The molecule has 0 aliphatic heterocycles. The van der Waals surface area contributed by atoms with E-state index in [2.05, 4.69) is 38.3 Å². The van der Waals surface area contributed by atoms with E-state index in [1.807, 2.05) is 32.0 Å². The van der Waals surface area contributed by atoms with Crippen LogP contribution in [-0.2, 0) is 28.7 Å². The molecule has 0 fully saturated rings. The van der Waals surface area contributed by atoms with Crippen molar-refractivity contribution < 1.29 is 38.1 Å². The molecule has 0 heterocycles. The van der Waals surface area contributed by atoms with Gasteiger partial charge in [-0.05, 0) is 94.2 Å². The van der Waals surface area contributed by atoms with Crippen LogP contribution in [0.3, 0.4) is 0 Å². The zero-order valence-corrected chi connectivity index (χ0v) is 27.4. The Labute approximate surface area is 267 Å². The molecule has 2 rings (SSSR count). The van der Waals surface area contributed by atoms with Crippen LogP contribution in [0.25, 0.3) is 0 Å². The van der Waals surface area contributed by atoms with Gasteiger partial charge in [0.15, 0.2) is 0 Å². The number of hydrogen-bond donors (Lipinski definition) is 0. The number of hydrogen-bond acceptors (Lipinski definition) is 8. The Morgan fingerprint density at radius 2 is 1.38 bits per heavy atom. The lowest BCUT2D eigenvalue weighted by Gasteiger charge is -2.22. The zero-order chi connectivity index (χ0) is 33.4. The van der Waals surface area contributed by atoms with Gasteiger partial charge in [-0.25, -0.2) is 9.59 Å². The van der Waals surface area contributed by atoms with Gasteiger partial charge in [0.2, 0.25) is 0 Å². The summed E-state index contributed by atoms with van der Waals surface area (Å²) >= 11 is 0. The standard InChI is InChI=1S/C37H48O8/c1-8-32(29-15-17-33(27(6)23-29)44-31(13-12-20-38)19-22-43-37(41)26(4)5)30-16-18-34(28(7)24-30)45-35(39)14-10-9-11-21-42-36(40)25(2)3/h15-18,20,23-24,31-32H,2,4,8-14,19,21-22H2,1,3,5-7H3. The molecule has 244 valence electrons. The smallest absolute Gasteiger partial charge is 0.333 e. The van der Waals surface area contributed by atoms with Crippen molar-refractivity contribution in [1.29, 1.82) is 0 Å². The zero-order valence-electron chi connectivity index (χ0n) is 27.4. The fourth-order valence-corrected chi connectivity index (χ4v) is 4.80. The molecule has 2 aromatic rings. The fraction of sp³-hybridized carbons (Fsp3) is 0.459. The van der Waals surface area contributed by atoms with Gasteiger partial charge in [0.25, 0.3) is 0 Å². The average Bonchev–Trinajstić information content (AvgIpc) is 3.00. The van der Waals surface area contributed by atoms with Gasteiger partial charge in [-0.3, -0.25) is 4.79 Å². The lowest BCUT2D eigenvalue weighted by molar-refractivity contribution is -0.140. The van der Waals surface area contributed by atoms with Gasteiger partial charge in [0, 0.05) is 36.3 Å². The largest absolute Gasteiger partial charge is 0.490 e. The van der Waals surface area contributed by atoms with E-state index in [0.717, 1.165) is 47.1 Å². The molecule has 0 aliphatic rings. The highest BCUT2D eigenvalue weighted by Crippen LogP contribution is 2.34. The number of ether oxygens (including phenoxy) is 4. The molecule has 0 saturated heterocycles. The Morgan fingerprint density at radius 1 is 0.800 bits per heavy atom.